The zero-order chi connectivity index (χ0) is 19.6. The van der Waals surface area contributed by atoms with E-state index in [9.17, 15) is 13.6 Å². The molecule has 1 atom stereocenters. The van der Waals surface area contributed by atoms with Crippen LogP contribution in [0.25, 0.3) is 22.2 Å². The number of hydrogen-bond acceptors (Lipinski definition) is 2. The number of carbonyl (C=O) groups is 1. The van der Waals surface area contributed by atoms with Crippen molar-refractivity contribution in [2.45, 2.75) is 32.7 Å². The number of amides is 1. The first-order valence-electron chi connectivity index (χ1n) is 8.86. The van der Waals surface area contributed by atoms with Crippen LogP contribution in [-0.2, 0) is 11.2 Å². The average molecular weight is 372 g/mol. The van der Waals surface area contributed by atoms with Gasteiger partial charge in [0.25, 0.3) is 0 Å². The van der Waals surface area contributed by atoms with Gasteiger partial charge in [0.1, 0.15) is 11.6 Å². The maximum absolute atomic E-state index is 14.4. The highest BCUT2D eigenvalue weighted by Crippen LogP contribution is 2.33. The SMILES string of the molecule is Cc1cc(F)c2[nH]c(-c3ccc(F)cc3)c(CCC(=O)N[C@@H](C)CO)c2c1. The van der Waals surface area contributed by atoms with Crippen molar-refractivity contribution in [3.63, 3.8) is 0 Å². The number of fused-ring (bicyclic) bond motifs is 1. The molecule has 0 spiro atoms. The second-order valence-corrected chi connectivity index (χ2v) is 6.81. The lowest BCUT2D eigenvalue weighted by Gasteiger charge is -2.11. The summed E-state index contributed by atoms with van der Waals surface area (Å²) in [5, 5.41) is 12.5. The molecule has 0 saturated heterocycles. The highest BCUT2D eigenvalue weighted by Gasteiger charge is 2.18. The molecule has 1 amide bonds. The largest absolute Gasteiger partial charge is 0.394 e. The van der Waals surface area contributed by atoms with E-state index >= 15 is 0 Å². The predicted molar refractivity (Wildman–Crippen MR) is 101 cm³/mol. The molecular formula is C21H22F2N2O2. The summed E-state index contributed by atoms with van der Waals surface area (Å²) in [6.45, 7) is 3.39. The lowest BCUT2D eigenvalue weighted by molar-refractivity contribution is -0.121. The van der Waals surface area contributed by atoms with Crippen LogP contribution in [0.1, 0.15) is 24.5 Å². The molecule has 1 heterocycles. The molecule has 3 N–H and O–H groups in total. The first-order valence-corrected chi connectivity index (χ1v) is 8.86. The van der Waals surface area contributed by atoms with Gasteiger partial charge in [0.2, 0.25) is 5.91 Å². The molecule has 142 valence electrons. The van der Waals surface area contributed by atoms with Crippen LogP contribution in [0, 0.1) is 18.6 Å². The number of aliphatic hydroxyl groups is 1. The second-order valence-electron chi connectivity index (χ2n) is 6.81. The number of benzene rings is 2. The fourth-order valence-corrected chi connectivity index (χ4v) is 3.20. The first kappa shape index (κ1) is 19.0. The average Bonchev–Trinajstić information content (AvgIpc) is 2.99. The van der Waals surface area contributed by atoms with Crippen molar-refractivity contribution >= 4 is 16.8 Å². The van der Waals surface area contributed by atoms with Crippen molar-refractivity contribution in [3.8, 4) is 11.3 Å². The number of aromatic amines is 1. The van der Waals surface area contributed by atoms with E-state index in [1.165, 1.54) is 18.2 Å². The Kier molecular flexibility index (Phi) is 5.56. The maximum Gasteiger partial charge on any atom is 0.220 e. The molecule has 2 aromatic carbocycles. The Morgan fingerprint density at radius 2 is 1.93 bits per heavy atom. The van der Waals surface area contributed by atoms with Crippen molar-refractivity contribution < 1.29 is 18.7 Å². The molecule has 0 radical (unpaired) electrons. The monoisotopic (exact) mass is 372 g/mol. The van der Waals surface area contributed by atoms with Crippen LogP contribution in [-0.4, -0.2) is 28.6 Å². The zero-order valence-electron chi connectivity index (χ0n) is 15.3. The van der Waals surface area contributed by atoms with E-state index in [0.717, 1.165) is 22.1 Å². The van der Waals surface area contributed by atoms with Crippen molar-refractivity contribution in [2.75, 3.05) is 6.61 Å². The van der Waals surface area contributed by atoms with Gasteiger partial charge in [0.15, 0.2) is 0 Å². The van der Waals surface area contributed by atoms with Crippen molar-refractivity contribution in [1.29, 1.82) is 0 Å². The van der Waals surface area contributed by atoms with E-state index in [4.69, 9.17) is 5.11 Å². The van der Waals surface area contributed by atoms with Crippen LogP contribution in [0.5, 0.6) is 0 Å². The summed E-state index contributed by atoms with van der Waals surface area (Å²) in [6.07, 6.45) is 0.584. The van der Waals surface area contributed by atoms with Gasteiger partial charge in [0, 0.05) is 23.5 Å². The Morgan fingerprint density at radius 1 is 1.22 bits per heavy atom. The van der Waals surface area contributed by atoms with Gasteiger partial charge in [-0.05, 0) is 73.4 Å². The number of H-pyrrole nitrogens is 1. The van der Waals surface area contributed by atoms with E-state index in [2.05, 4.69) is 10.3 Å². The molecular weight excluding hydrogens is 350 g/mol. The Morgan fingerprint density at radius 3 is 2.59 bits per heavy atom. The summed E-state index contributed by atoms with van der Waals surface area (Å²) in [5.74, 6) is -0.905. The summed E-state index contributed by atoms with van der Waals surface area (Å²) >= 11 is 0. The van der Waals surface area contributed by atoms with Crippen LogP contribution in [0.3, 0.4) is 0 Å². The molecule has 6 heteroatoms. The normalized spacial score (nSPS) is 12.3. The summed E-state index contributed by atoms with van der Waals surface area (Å²) < 4.78 is 27.7. The Hall–Kier alpha value is -2.73. The third-order valence-corrected chi connectivity index (χ3v) is 4.53. The molecule has 4 nitrogen and oxygen atoms in total. The van der Waals surface area contributed by atoms with Gasteiger partial charge in [-0.1, -0.05) is 0 Å². The van der Waals surface area contributed by atoms with E-state index in [0.29, 0.717) is 17.6 Å². The molecule has 27 heavy (non-hydrogen) atoms. The third-order valence-electron chi connectivity index (χ3n) is 4.53. The quantitative estimate of drug-likeness (QED) is 0.615. The molecule has 0 aliphatic carbocycles. The minimum absolute atomic E-state index is 0.135. The number of aliphatic hydroxyl groups excluding tert-OH is 1. The summed E-state index contributed by atoms with van der Waals surface area (Å²) in [6, 6.07) is 8.96. The molecule has 0 saturated carbocycles. The fraction of sp³-hybridized carbons (Fsp3) is 0.286. The van der Waals surface area contributed by atoms with Gasteiger partial charge in [-0.2, -0.15) is 0 Å². The topological polar surface area (TPSA) is 65.1 Å². The number of nitrogens with one attached hydrogen (secondary N) is 2. The van der Waals surface area contributed by atoms with Crippen LogP contribution in [0.2, 0.25) is 0 Å². The maximum atomic E-state index is 14.4. The van der Waals surface area contributed by atoms with Crippen LogP contribution in [0.4, 0.5) is 8.78 Å². The van der Waals surface area contributed by atoms with Crippen molar-refractivity contribution in [2.24, 2.45) is 0 Å². The smallest absolute Gasteiger partial charge is 0.220 e. The van der Waals surface area contributed by atoms with Crippen LogP contribution >= 0.6 is 0 Å². The van der Waals surface area contributed by atoms with E-state index in [-0.39, 0.29) is 36.6 Å². The minimum atomic E-state index is -0.363. The number of aryl methyl sites for hydroxylation is 2. The Labute approximate surface area is 156 Å². The first-order chi connectivity index (χ1) is 12.9. The standard InChI is InChI=1S/C21H22F2N2O2/c1-12-9-17-16(7-8-19(27)24-13(2)11-26)20(25-21(17)18(23)10-12)14-3-5-15(22)6-4-14/h3-6,9-10,13,25-26H,7-8,11H2,1-2H3,(H,24,27)/t13-/m0/s1. The van der Waals surface area contributed by atoms with Crippen molar-refractivity contribution in [1.82, 2.24) is 10.3 Å². The summed E-state index contributed by atoms with van der Waals surface area (Å²) in [4.78, 5) is 15.2. The molecule has 0 unspecified atom stereocenters. The Balaban J connectivity index is 2.01. The molecule has 0 aliphatic heterocycles. The second kappa shape index (κ2) is 7.88. The van der Waals surface area contributed by atoms with Crippen LogP contribution in [0.15, 0.2) is 36.4 Å². The van der Waals surface area contributed by atoms with E-state index in [1.807, 2.05) is 13.0 Å². The van der Waals surface area contributed by atoms with Crippen LogP contribution < -0.4 is 5.32 Å². The molecule has 0 fully saturated rings. The number of aromatic nitrogens is 1. The molecule has 3 rings (SSSR count). The summed E-state index contributed by atoms with van der Waals surface area (Å²) in [7, 11) is 0. The lowest BCUT2D eigenvalue weighted by Crippen LogP contribution is -2.35. The number of halogens is 2. The lowest BCUT2D eigenvalue weighted by atomic mass is 10.00. The molecule has 0 bridgehead atoms. The zero-order valence-corrected chi connectivity index (χ0v) is 15.3. The van der Waals surface area contributed by atoms with E-state index in [1.54, 1.807) is 19.1 Å². The van der Waals surface area contributed by atoms with Gasteiger partial charge in [-0.15, -0.1) is 0 Å². The number of carbonyl (C=O) groups excluding carboxylic acids is 1. The summed E-state index contributed by atoms with van der Waals surface area (Å²) in [5.41, 5.74) is 3.37. The van der Waals surface area contributed by atoms with Crippen molar-refractivity contribution in [3.05, 3.63) is 59.2 Å². The Bertz CT molecular complexity index is 964. The van der Waals surface area contributed by atoms with Gasteiger partial charge in [0.05, 0.1) is 12.1 Å². The highest BCUT2D eigenvalue weighted by atomic mass is 19.1. The highest BCUT2D eigenvalue weighted by molar-refractivity contribution is 5.92. The molecule has 0 aliphatic rings. The van der Waals surface area contributed by atoms with Gasteiger partial charge < -0.3 is 15.4 Å². The third kappa shape index (κ3) is 4.17. The fourth-order valence-electron chi connectivity index (χ4n) is 3.20. The van der Waals surface area contributed by atoms with Gasteiger partial charge >= 0.3 is 0 Å². The van der Waals surface area contributed by atoms with Gasteiger partial charge in [-0.3, -0.25) is 4.79 Å². The number of rotatable bonds is 6. The minimum Gasteiger partial charge on any atom is -0.394 e. The van der Waals surface area contributed by atoms with E-state index < -0.39 is 0 Å². The van der Waals surface area contributed by atoms with Gasteiger partial charge in [-0.25, -0.2) is 8.78 Å². The molecule has 1 aromatic heterocycles. The molecule has 3 aromatic rings. The predicted octanol–water partition coefficient (Wildman–Crippen LogP) is 3.85. The number of hydrogen-bond donors (Lipinski definition) is 3.